The van der Waals surface area contributed by atoms with Gasteiger partial charge in [-0.05, 0) is 120 Å². The van der Waals surface area contributed by atoms with Crippen LogP contribution in [0.2, 0.25) is 0 Å². The van der Waals surface area contributed by atoms with Gasteiger partial charge in [0.2, 0.25) is 31.9 Å². The Morgan fingerprint density at radius 2 is 1.08 bits per heavy atom. The Morgan fingerprint density at radius 3 is 1.54 bits per heavy atom. The summed E-state index contributed by atoms with van der Waals surface area (Å²) < 4.78 is 84.3. The number of nitrogens with one attached hydrogen (secondary N) is 2. The van der Waals surface area contributed by atoms with Crippen LogP contribution in [0.25, 0.3) is 0 Å². The van der Waals surface area contributed by atoms with Crippen LogP contribution in [0.5, 0.6) is 11.5 Å². The minimum atomic E-state index is -4.06. The SMILES string of the molecule is Cc1ccc(S(=O)(=O)N2CCC[C@H]2C(=O)N[C@@H](Cc2ccc(OC(=O)N(C)CCOC=O)cc2)C(=O)OCCN2CCN(C(=O)Oc3ccc(C[C@H](NC(=O)[C@@H]4CCCN4S(=O)(=O)c4ccc(C)cc4)C(=O)OC(C)(C)C)cc3)CC2)cc1. The minimum absolute atomic E-state index is 0.00448. The zero-order chi connectivity index (χ0) is 60.1. The Kier molecular flexibility index (Phi) is 21.5. The average molecular weight is 1190 g/mol. The molecule has 25 heteroatoms. The molecule has 3 aliphatic rings. The molecule has 0 spiro atoms. The largest absolute Gasteiger partial charge is 0.466 e. The van der Waals surface area contributed by atoms with Crippen molar-refractivity contribution in [3.8, 4) is 11.5 Å². The Morgan fingerprint density at radius 1 is 0.627 bits per heavy atom. The zero-order valence-corrected chi connectivity index (χ0v) is 49.2. The third kappa shape index (κ3) is 17.3. The standard InChI is InChI=1S/C58H73N7O16S2/c1-40-11-23-46(24-12-40)82(73,74)64-27-7-9-50(64)52(67)59-48(37-42-15-19-44(20-16-42)79-56(71)61(6)33-35-77-39-66)54(69)78-36-34-62-29-31-63(32-30-62)57(72)80-45-21-17-43(18-22-45)38-49(55(70)81-58(3,4)5)60-53(68)51-10-8-28-65(51)83(75,76)47-25-13-41(2)14-26-47/h11-26,39,48-51H,7-10,27-38H2,1-6H3,(H,59,67)(H,60,68)/t48-,49-,50-,51-/m0/s1. The molecule has 7 rings (SSSR count). The number of carbonyl (C=O) groups excluding carboxylic acids is 7. The van der Waals surface area contributed by atoms with Crippen molar-refractivity contribution in [1.29, 1.82) is 0 Å². The third-order valence-corrected chi connectivity index (χ3v) is 18.1. The summed E-state index contributed by atoms with van der Waals surface area (Å²) in [7, 11) is -6.59. The fourth-order valence-electron chi connectivity index (χ4n) is 9.63. The van der Waals surface area contributed by atoms with Crippen LogP contribution < -0.4 is 20.1 Å². The number of nitrogens with zero attached hydrogens (tertiary/aromatic N) is 5. The molecule has 3 saturated heterocycles. The van der Waals surface area contributed by atoms with Gasteiger partial charge in [0, 0.05) is 65.7 Å². The highest BCUT2D eigenvalue weighted by Crippen LogP contribution is 2.29. The summed E-state index contributed by atoms with van der Waals surface area (Å²) in [5, 5.41) is 5.52. The molecule has 0 aromatic heterocycles. The molecule has 448 valence electrons. The van der Waals surface area contributed by atoms with E-state index in [1.54, 1.807) is 81.4 Å². The first-order chi connectivity index (χ1) is 39.4. The summed E-state index contributed by atoms with van der Waals surface area (Å²) in [6.07, 6.45) is 0.0235. The van der Waals surface area contributed by atoms with E-state index in [2.05, 4.69) is 15.4 Å². The summed E-state index contributed by atoms with van der Waals surface area (Å²) in [5.74, 6) is -2.34. The molecular formula is C58H73N7O16S2. The van der Waals surface area contributed by atoms with Crippen LogP contribution in [0, 0.1) is 13.8 Å². The molecule has 0 bridgehead atoms. The first kappa shape index (κ1) is 63.1. The molecule has 3 aliphatic heterocycles. The van der Waals surface area contributed by atoms with Crippen molar-refractivity contribution >= 4 is 62.5 Å². The normalized spacial score (nSPS) is 17.8. The van der Waals surface area contributed by atoms with Gasteiger partial charge in [-0.25, -0.2) is 36.0 Å². The van der Waals surface area contributed by atoms with Crippen LogP contribution >= 0.6 is 0 Å². The third-order valence-electron chi connectivity index (χ3n) is 14.2. The Labute approximate surface area is 484 Å². The maximum Gasteiger partial charge on any atom is 0.415 e. The highest BCUT2D eigenvalue weighted by Gasteiger charge is 2.43. The summed E-state index contributed by atoms with van der Waals surface area (Å²) in [6.45, 7) is 11.0. The first-order valence-corrected chi connectivity index (χ1v) is 30.3. The van der Waals surface area contributed by atoms with Crippen molar-refractivity contribution in [2.75, 3.05) is 72.6 Å². The van der Waals surface area contributed by atoms with Gasteiger partial charge in [-0.15, -0.1) is 0 Å². The molecule has 4 amide bonds. The number of carbonyl (C=O) groups is 7. The highest BCUT2D eigenvalue weighted by atomic mass is 32.2. The Bertz CT molecular complexity index is 3150. The van der Waals surface area contributed by atoms with Gasteiger partial charge in [0.05, 0.1) is 16.3 Å². The summed E-state index contributed by atoms with van der Waals surface area (Å²) >= 11 is 0. The number of ether oxygens (including phenoxy) is 5. The molecule has 2 N–H and O–H groups in total. The number of hydrogen-bond donors (Lipinski definition) is 2. The smallest absolute Gasteiger partial charge is 0.415 e. The zero-order valence-electron chi connectivity index (χ0n) is 47.5. The number of hydrogen-bond acceptors (Lipinski definition) is 17. The molecule has 0 unspecified atom stereocenters. The molecule has 0 saturated carbocycles. The van der Waals surface area contributed by atoms with Gasteiger partial charge in [-0.1, -0.05) is 59.7 Å². The van der Waals surface area contributed by atoms with E-state index < -0.39 is 85.8 Å². The van der Waals surface area contributed by atoms with E-state index in [-0.39, 0.29) is 106 Å². The summed E-state index contributed by atoms with van der Waals surface area (Å²) in [5.41, 5.74) is 2.03. The van der Waals surface area contributed by atoms with E-state index in [4.69, 9.17) is 18.9 Å². The van der Waals surface area contributed by atoms with Crippen molar-refractivity contribution in [3.05, 3.63) is 119 Å². The van der Waals surface area contributed by atoms with Gasteiger partial charge in [-0.2, -0.15) is 8.61 Å². The lowest BCUT2D eigenvalue weighted by Crippen LogP contribution is -2.52. The van der Waals surface area contributed by atoms with Gasteiger partial charge in [0.1, 0.15) is 54.5 Å². The van der Waals surface area contributed by atoms with E-state index >= 15 is 0 Å². The Balaban J connectivity index is 0.919. The van der Waals surface area contributed by atoms with Crippen LogP contribution in [0.4, 0.5) is 9.59 Å². The predicted molar refractivity (Wildman–Crippen MR) is 302 cm³/mol. The fraction of sp³-hybridized carbons (Fsp3) is 0.466. The number of aryl methyl sites for hydroxylation is 2. The number of piperazine rings is 1. The average Bonchev–Trinajstić information content (AvgIpc) is 3.57. The van der Waals surface area contributed by atoms with Crippen LogP contribution in [0.3, 0.4) is 0 Å². The Hall–Kier alpha value is -7.45. The predicted octanol–water partition coefficient (Wildman–Crippen LogP) is 4.37. The van der Waals surface area contributed by atoms with Crippen LogP contribution in [-0.4, -0.2) is 185 Å². The molecule has 0 radical (unpaired) electrons. The lowest BCUT2D eigenvalue weighted by Gasteiger charge is -2.33. The van der Waals surface area contributed by atoms with Crippen LogP contribution in [-0.2, 0) is 71.1 Å². The molecule has 4 aromatic carbocycles. The lowest BCUT2D eigenvalue weighted by atomic mass is 10.0. The maximum atomic E-state index is 14.0. The molecule has 23 nitrogen and oxygen atoms in total. The number of esters is 2. The molecule has 4 atom stereocenters. The second-order valence-electron chi connectivity index (χ2n) is 21.6. The van der Waals surface area contributed by atoms with Gasteiger partial charge < -0.3 is 44.1 Å². The summed E-state index contributed by atoms with van der Waals surface area (Å²) in [6, 6.07) is 20.9. The number of benzene rings is 4. The number of sulfonamides is 2. The van der Waals surface area contributed by atoms with Crippen molar-refractivity contribution in [2.24, 2.45) is 0 Å². The molecule has 83 heavy (non-hydrogen) atoms. The van der Waals surface area contributed by atoms with E-state index in [1.165, 1.54) is 57.6 Å². The quantitative estimate of drug-likeness (QED) is 0.0452. The molecule has 4 aromatic rings. The van der Waals surface area contributed by atoms with Gasteiger partial charge >= 0.3 is 24.1 Å². The van der Waals surface area contributed by atoms with E-state index in [0.29, 0.717) is 37.1 Å². The molecule has 3 fully saturated rings. The minimum Gasteiger partial charge on any atom is -0.466 e. The van der Waals surface area contributed by atoms with Crippen molar-refractivity contribution in [2.45, 2.75) is 113 Å². The molecule has 0 aliphatic carbocycles. The molecule has 3 heterocycles. The highest BCUT2D eigenvalue weighted by molar-refractivity contribution is 7.89. The fourth-order valence-corrected chi connectivity index (χ4v) is 12.9. The maximum absolute atomic E-state index is 14.0. The topological polar surface area (TPSA) is 274 Å². The van der Waals surface area contributed by atoms with E-state index in [9.17, 15) is 50.4 Å². The molecular weight excluding hydrogens is 1110 g/mol. The number of amides is 4. The van der Waals surface area contributed by atoms with Crippen LogP contribution in [0.15, 0.2) is 107 Å². The van der Waals surface area contributed by atoms with Crippen molar-refractivity contribution in [1.82, 2.24) is 33.9 Å². The number of rotatable bonds is 23. The monoisotopic (exact) mass is 1190 g/mol. The van der Waals surface area contributed by atoms with Crippen molar-refractivity contribution in [3.63, 3.8) is 0 Å². The van der Waals surface area contributed by atoms with Crippen molar-refractivity contribution < 1.29 is 74.1 Å². The van der Waals surface area contributed by atoms with Gasteiger partial charge in [-0.3, -0.25) is 19.3 Å². The van der Waals surface area contributed by atoms with Crippen LogP contribution in [0.1, 0.15) is 68.7 Å². The van der Waals surface area contributed by atoms with E-state index in [1.807, 2.05) is 18.7 Å². The summed E-state index contributed by atoms with van der Waals surface area (Å²) in [4.78, 5) is 96.5. The van der Waals surface area contributed by atoms with Gasteiger partial charge in [0.15, 0.2) is 0 Å². The first-order valence-electron chi connectivity index (χ1n) is 27.4. The second kappa shape index (κ2) is 28.2. The lowest BCUT2D eigenvalue weighted by molar-refractivity contribution is -0.158. The number of likely N-dealkylation sites (N-methyl/N-ethyl adjacent to an activating group) is 1. The van der Waals surface area contributed by atoms with Gasteiger partial charge in [0.25, 0.3) is 6.47 Å². The van der Waals surface area contributed by atoms with E-state index in [0.717, 1.165) is 15.4 Å². The second-order valence-corrected chi connectivity index (χ2v) is 25.4.